The predicted octanol–water partition coefficient (Wildman–Crippen LogP) is 4.83. The highest BCUT2D eigenvalue weighted by Crippen LogP contribution is 2.28. The second-order valence-corrected chi connectivity index (χ2v) is 6.21. The lowest BCUT2D eigenvalue weighted by atomic mass is 10.2. The van der Waals surface area contributed by atoms with Crippen LogP contribution in [0.1, 0.15) is 17.5 Å². The molecule has 4 aromatic rings. The molecule has 0 radical (unpaired) electrons. The summed E-state index contributed by atoms with van der Waals surface area (Å²) in [6.45, 7) is 1.14. The molecule has 0 unspecified atom stereocenters. The Morgan fingerprint density at radius 3 is 2.74 bits per heavy atom. The van der Waals surface area contributed by atoms with E-state index in [2.05, 4.69) is 16.2 Å². The van der Waals surface area contributed by atoms with E-state index in [-0.39, 0.29) is 0 Å². The summed E-state index contributed by atoms with van der Waals surface area (Å²) < 4.78 is 7.75. The number of nitrogens with zero attached hydrogens (tertiary/aromatic N) is 4. The van der Waals surface area contributed by atoms with Crippen molar-refractivity contribution in [1.82, 2.24) is 9.78 Å². The summed E-state index contributed by atoms with van der Waals surface area (Å²) in [5, 5.41) is 14.5. The number of aliphatic imine (C=N–C) groups is 1. The van der Waals surface area contributed by atoms with Crippen LogP contribution in [-0.2, 0) is 13.1 Å². The first-order valence-corrected chi connectivity index (χ1v) is 8.80. The van der Waals surface area contributed by atoms with Crippen LogP contribution in [0.15, 0.2) is 76.3 Å². The van der Waals surface area contributed by atoms with Gasteiger partial charge in [-0.3, -0.25) is 9.67 Å². The summed E-state index contributed by atoms with van der Waals surface area (Å²) in [5.74, 6) is 0.702. The average molecular weight is 354 g/mol. The van der Waals surface area contributed by atoms with Crippen LogP contribution in [0.3, 0.4) is 0 Å². The van der Waals surface area contributed by atoms with Crippen molar-refractivity contribution >= 4 is 17.2 Å². The molecule has 0 saturated carbocycles. The fourth-order valence-corrected chi connectivity index (χ4v) is 2.93. The van der Waals surface area contributed by atoms with E-state index in [4.69, 9.17) is 9.68 Å². The van der Waals surface area contributed by atoms with E-state index >= 15 is 0 Å². The molecule has 0 aliphatic carbocycles. The van der Waals surface area contributed by atoms with Gasteiger partial charge in [-0.05, 0) is 17.7 Å². The molecule has 0 atom stereocenters. The van der Waals surface area contributed by atoms with Gasteiger partial charge in [0, 0.05) is 23.4 Å². The van der Waals surface area contributed by atoms with Gasteiger partial charge >= 0.3 is 0 Å². The van der Waals surface area contributed by atoms with Crippen molar-refractivity contribution in [2.45, 2.75) is 19.5 Å². The molecule has 0 N–H and O–H groups in total. The Balaban J connectivity index is 1.66. The van der Waals surface area contributed by atoms with Crippen molar-refractivity contribution in [3.8, 4) is 17.5 Å². The van der Waals surface area contributed by atoms with Gasteiger partial charge in [0.1, 0.15) is 11.3 Å². The minimum atomic E-state index is 0.405. The number of hydrogen-bond donors (Lipinski definition) is 0. The standard InChI is InChI=1S/C22H18N4O/c23-11-6-12-26-16-19(15-24-14-17-7-2-1-3-8-17)22(25-26)21-13-18-9-4-5-10-20(18)27-21/h1-5,7-10,13,15-16H,6,12,14H2. The molecule has 5 nitrogen and oxygen atoms in total. The first-order valence-electron chi connectivity index (χ1n) is 8.80. The van der Waals surface area contributed by atoms with Crippen LogP contribution in [0.25, 0.3) is 22.4 Å². The lowest BCUT2D eigenvalue weighted by Crippen LogP contribution is -1.97. The van der Waals surface area contributed by atoms with Gasteiger partial charge in [0.25, 0.3) is 0 Å². The summed E-state index contributed by atoms with van der Waals surface area (Å²) in [7, 11) is 0. The monoisotopic (exact) mass is 354 g/mol. The zero-order valence-corrected chi connectivity index (χ0v) is 14.7. The van der Waals surface area contributed by atoms with Crippen LogP contribution in [0.5, 0.6) is 0 Å². The van der Waals surface area contributed by atoms with Crippen molar-refractivity contribution in [1.29, 1.82) is 5.26 Å². The number of furan rings is 1. The summed E-state index contributed by atoms with van der Waals surface area (Å²) in [4.78, 5) is 4.56. The maximum absolute atomic E-state index is 8.85. The molecule has 5 heteroatoms. The molecule has 0 saturated heterocycles. The van der Waals surface area contributed by atoms with Gasteiger partial charge in [0.15, 0.2) is 5.76 Å². The number of aryl methyl sites for hydroxylation is 1. The molecule has 0 bridgehead atoms. The number of nitriles is 1. The topological polar surface area (TPSA) is 67.1 Å². The third kappa shape index (κ3) is 3.80. The van der Waals surface area contributed by atoms with Crippen LogP contribution in [0, 0.1) is 11.3 Å². The number of rotatable bonds is 6. The zero-order chi connectivity index (χ0) is 18.5. The summed E-state index contributed by atoms with van der Waals surface area (Å²) in [6, 6.07) is 22.1. The number of aromatic nitrogens is 2. The van der Waals surface area contributed by atoms with E-state index in [1.807, 2.05) is 73.1 Å². The molecule has 0 amide bonds. The second kappa shape index (κ2) is 7.71. The van der Waals surface area contributed by atoms with Crippen LogP contribution in [0.2, 0.25) is 0 Å². The third-order valence-corrected chi connectivity index (χ3v) is 4.25. The van der Waals surface area contributed by atoms with Crippen molar-refractivity contribution in [3.63, 3.8) is 0 Å². The quantitative estimate of drug-likeness (QED) is 0.466. The summed E-state index contributed by atoms with van der Waals surface area (Å²) in [6.07, 6.45) is 4.14. The van der Waals surface area contributed by atoms with Gasteiger partial charge in [0.05, 0.1) is 25.6 Å². The predicted molar refractivity (Wildman–Crippen MR) is 105 cm³/mol. The first-order chi connectivity index (χ1) is 13.3. The van der Waals surface area contributed by atoms with Gasteiger partial charge in [-0.1, -0.05) is 48.5 Å². The molecule has 2 heterocycles. The molecule has 27 heavy (non-hydrogen) atoms. The molecule has 2 aromatic heterocycles. The average Bonchev–Trinajstić information content (AvgIpc) is 3.31. The lowest BCUT2D eigenvalue weighted by Gasteiger charge is -1.95. The Kier molecular flexibility index (Phi) is 4.80. The van der Waals surface area contributed by atoms with E-state index < -0.39 is 0 Å². The number of hydrogen-bond acceptors (Lipinski definition) is 4. The van der Waals surface area contributed by atoms with Crippen LogP contribution in [-0.4, -0.2) is 16.0 Å². The van der Waals surface area contributed by atoms with Gasteiger partial charge in [-0.25, -0.2) is 0 Å². The fourth-order valence-electron chi connectivity index (χ4n) is 2.93. The highest BCUT2D eigenvalue weighted by Gasteiger charge is 2.14. The Labute approximate surface area is 157 Å². The zero-order valence-electron chi connectivity index (χ0n) is 14.7. The van der Waals surface area contributed by atoms with Crippen LogP contribution < -0.4 is 0 Å². The Morgan fingerprint density at radius 2 is 1.93 bits per heavy atom. The van der Waals surface area contributed by atoms with Gasteiger partial charge in [-0.2, -0.15) is 10.4 Å². The lowest BCUT2D eigenvalue weighted by molar-refractivity contribution is 0.607. The minimum absolute atomic E-state index is 0.405. The second-order valence-electron chi connectivity index (χ2n) is 6.21. The molecule has 0 spiro atoms. The Morgan fingerprint density at radius 1 is 1.11 bits per heavy atom. The number of benzene rings is 2. The van der Waals surface area contributed by atoms with Gasteiger partial charge < -0.3 is 4.42 Å². The smallest absolute Gasteiger partial charge is 0.156 e. The largest absolute Gasteiger partial charge is 0.454 e. The minimum Gasteiger partial charge on any atom is -0.454 e. The summed E-state index contributed by atoms with van der Waals surface area (Å²) >= 11 is 0. The van der Waals surface area contributed by atoms with Gasteiger partial charge in [0.2, 0.25) is 0 Å². The van der Waals surface area contributed by atoms with Crippen molar-refractivity contribution in [2.24, 2.45) is 4.99 Å². The summed E-state index contributed by atoms with van der Waals surface area (Å²) in [5.41, 5.74) is 3.59. The molecule has 0 aliphatic heterocycles. The van der Waals surface area contributed by atoms with E-state index in [1.54, 1.807) is 4.68 Å². The maximum atomic E-state index is 8.85. The molecule has 2 aromatic carbocycles. The maximum Gasteiger partial charge on any atom is 0.156 e. The van der Waals surface area contributed by atoms with Crippen LogP contribution in [0.4, 0.5) is 0 Å². The fraction of sp³-hybridized carbons (Fsp3) is 0.136. The number of fused-ring (bicyclic) bond motifs is 1. The Hall–Kier alpha value is -3.65. The number of para-hydroxylation sites is 1. The molecule has 4 rings (SSSR count). The van der Waals surface area contributed by atoms with Crippen molar-refractivity contribution in [2.75, 3.05) is 0 Å². The molecular formula is C22H18N4O. The first kappa shape index (κ1) is 16.8. The van der Waals surface area contributed by atoms with Crippen molar-refractivity contribution < 1.29 is 4.42 Å². The Bertz CT molecular complexity index is 1080. The van der Waals surface area contributed by atoms with E-state index in [1.165, 1.54) is 0 Å². The van der Waals surface area contributed by atoms with E-state index in [9.17, 15) is 0 Å². The van der Waals surface area contributed by atoms with Crippen molar-refractivity contribution in [3.05, 3.63) is 78.0 Å². The third-order valence-electron chi connectivity index (χ3n) is 4.25. The SMILES string of the molecule is N#CCCn1cc(C=NCc2ccccc2)c(-c2cc3ccccc3o2)n1. The normalized spacial score (nSPS) is 11.2. The van der Waals surface area contributed by atoms with E-state index in [0.29, 0.717) is 25.3 Å². The molecule has 0 aliphatic rings. The van der Waals surface area contributed by atoms with E-state index in [0.717, 1.165) is 27.8 Å². The molecule has 0 fully saturated rings. The van der Waals surface area contributed by atoms with Crippen LogP contribution >= 0.6 is 0 Å². The van der Waals surface area contributed by atoms with Gasteiger partial charge in [-0.15, -0.1) is 0 Å². The molecular weight excluding hydrogens is 336 g/mol. The highest BCUT2D eigenvalue weighted by atomic mass is 16.3. The molecule has 132 valence electrons. The highest BCUT2D eigenvalue weighted by molar-refractivity contribution is 5.90.